The molecule has 0 saturated heterocycles. The number of aryl methyl sites for hydroxylation is 1. The molecule has 0 bridgehead atoms. The summed E-state index contributed by atoms with van der Waals surface area (Å²) in [4.78, 5) is 11.4. The normalized spacial score (nSPS) is 12.8. The first-order chi connectivity index (χ1) is 13.0. The molecule has 0 radical (unpaired) electrons. The van der Waals surface area contributed by atoms with Crippen molar-refractivity contribution in [3.63, 3.8) is 0 Å². The van der Waals surface area contributed by atoms with Crippen LogP contribution in [-0.2, 0) is 16.0 Å². The number of carbonyl (C=O) groups excluding carboxylic acids is 1. The van der Waals surface area contributed by atoms with Crippen LogP contribution in [0.1, 0.15) is 76.0 Å². The Hall–Kier alpha value is -1.43. The number of amides is 1. The van der Waals surface area contributed by atoms with Crippen molar-refractivity contribution in [1.29, 1.82) is 0 Å². The molecule has 0 heterocycles. The largest absolute Gasteiger partial charge is 0.394 e. The van der Waals surface area contributed by atoms with Gasteiger partial charge in [0.1, 0.15) is 0 Å². The van der Waals surface area contributed by atoms with E-state index in [0.29, 0.717) is 6.42 Å². The van der Waals surface area contributed by atoms with Gasteiger partial charge in [0.05, 0.1) is 24.9 Å². The maximum atomic E-state index is 11.4. The first-order valence-corrected chi connectivity index (χ1v) is 10.1. The Morgan fingerprint density at radius 1 is 1.07 bits per heavy atom. The summed E-state index contributed by atoms with van der Waals surface area (Å²) in [6.07, 6.45) is 8.78. The van der Waals surface area contributed by atoms with Crippen LogP contribution in [0.2, 0.25) is 0 Å². The van der Waals surface area contributed by atoms with Crippen LogP contribution in [0.5, 0.6) is 0 Å². The Kier molecular flexibility index (Phi) is 11.3. The number of nitrogens with one attached hydrogen (secondary N) is 1. The molecule has 0 aliphatic rings. The fraction of sp³-hybridized carbons (Fsp3) is 0.682. The third-order valence-corrected chi connectivity index (χ3v) is 5.08. The molecule has 1 atom stereocenters. The second kappa shape index (κ2) is 12.9. The summed E-state index contributed by atoms with van der Waals surface area (Å²) in [5.74, 6) is -0.290. The van der Waals surface area contributed by atoms with Gasteiger partial charge in [-0.25, -0.2) is 0 Å². The van der Waals surface area contributed by atoms with Crippen LogP contribution in [0, 0.1) is 0 Å². The summed E-state index contributed by atoms with van der Waals surface area (Å²) in [6, 6.07) is 8.30. The summed E-state index contributed by atoms with van der Waals surface area (Å²) in [5.41, 5.74) is 1.19. The summed E-state index contributed by atoms with van der Waals surface area (Å²) in [6.45, 7) is 2.91. The molecule has 1 amide bonds. The summed E-state index contributed by atoms with van der Waals surface area (Å²) in [7, 11) is 1.60. The van der Waals surface area contributed by atoms with Crippen LogP contribution in [0.25, 0.3) is 0 Å². The van der Waals surface area contributed by atoms with Crippen molar-refractivity contribution in [3.05, 3.63) is 35.4 Å². The van der Waals surface area contributed by atoms with Gasteiger partial charge in [-0.15, -0.1) is 0 Å². The Morgan fingerprint density at radius 3 is 2.19 bits per heavy atom. The average molecular weight is 380 g/mol. The van der Waals surface area contributed by atoms with Gasteiger partial charge in [-0.1, -0.05) is 63.3 Å². The van der Waals surface area contributed by atoms with Crippen molar-refractivity contribution in [2.45, 2.75) is 76.9 Å². The number of methoxy groups -OCH3 is 1. The number of aliphatic hydroxyl groups is 2. The third kappa shape index (κ3) is 8.41. The fourth-order valence-electron chi connectivity index (χ4n) is 3.38. The molecule has 0 aliphatic heterocycles. The number of benzene rings is 1. The zero-order chi connectivity index (χ0) is 20.1. The summed E-state index contributed by atoms with van der Waals surface area (Å²) >= 11 is 0. The molecule has 5 heteroatoms. The maximum Gasteiger partial charge on any atom is 0.217 e. The van der Waals surface area contributed by atoms with E-state index in [1.54, 1.807) is 7.11 Å². The van der Waals surface area contributed by atoms with Crippen molar-refractivity contribution in [2.75, 3.05) is 20.3 Å². The highest BCUT2D eigenvalue weighted by Crippen LogP contribution is 2.27. The minimum Gasteiger partial charge on any atom is -0.394 e. The number of unbranched alkanes of at least 4 members (excludes halogenated alkanes) is 5. The van der Waals surface area contributed by atoms with E-state index in [9.17, 15) is 15.0 Å². The number of ether oxygens (including phenoxy) is 1. The quantitative estimate of drug-likeness (QED) is 0.432. The fourth-order valence-corrected chi connectivity index (χ4v) is 3.38. The van der Waals surface area contributed by atoms with Crippen LogP contribution in [-0.4, -0.2) is 42.0 Å². The predicted octanol–water partition coefficient (Wildman–Crippen LogP) is 3.53. The second-order valence-electron chi connectivity index (χ2n) is 7.47. The molecular weight excluding hydrogens is 342 g/mol. The molecule has 0 saturated carbocycles. The average Bonchev–Trinajstić information content (AvgIpc) is 2.68. The highest BCUT2D eigenvalue weighted by Gasteiger charge is 2.33. The lowest BCUT2D eigenvalue weighted by atomic mass is 9.90. The van der Waals surface area contributed by atoms with Gasteiger partial charge < -0.3 is 20.3 Å². The first-order valence-electron chi connectivity index (χ1n) is 10.1. The van der Waals surface area contributed by atoms with Crippen LogP contribution in [0.3, 0.4) is 0 Å². The summed E-state index contributed by atoms with van der Waals surface area (Å²) < 4.78 is 5.58. The molecule has 1 unspecified atom stereocenters. The van der Waals surface area contributed by atoms with Gasteiger partial charge in [0.25, 0.3) is 0 Å². The standard InChI is InChI=1S/C22H37NO4/c1-4-5-6-7-8-9-10-19-11-13-20(14-12-19)21(27-3)15-22(16-24,17-25)23-18(2)26/h11-14,21,24-25H,4-10,15-17H2,1-3H3,(H,23,26). The van der Waals surface area contributed by atoms with Crippen LogP contribution < -0.4 is 5.32 Å². The third-order valence-electron chi connectivity index (χ3n) is 5.08. The van der Waals surface area contributed by atoms with Gasteiger partial charge in [0, 0.05) is 20.5 Å². The van der Waals surface area contributed by atoms with Gasteiger partial charge in [-0.05, 0) is 24.0 Å². The molecule has 27 heavy (non-hydrogen) atoms. The Morgan fingerprint density at radius 2 is 1.67 bits per heavy atom. The van der Waals surface area contributed by atoms with Gasteiger partial charge in [0.2, 0.25) is 5.91 Å². The predicted molar refractivity (Wildman–Crippen MR) is 109 cm³/mol. The molecule has 0 aliphatic carbocycles. The maximum absolute atomic E-state index is 11.4. The van der Waals surface area contributed by atoms with Gasteiger partial charge in [-0.2, -0.15) is 0 Å². The topological polar surface area (TPSA) is 78.8 Å². The molecule has 5 nitrogen and oxygen atoms in total. The van der Waals surface area contributed by atoms with Crippen molar-refractivity contribution in [2.24, 2.45) is 0 Å². The highest BCUT2D eigenvalue weighted by atomic mass is 16.5. The minimum atomic E-state index is -1.09. The van der Waals surface area contributed by atoms with Crippen LogP contribution in [0.15, 0.2) is 24.3 Å². The number of rotatable bonds is 14. The zero-order valence-corrected chi connectivity index (χ0v) is 17.2. The lowest BCUT2D eigenvalue weighted by Crippen LogP contribution is -2.54. The van der Waals surface area contributed by atoms with Gasteiger partial charge in [0.15, 0.2) is 0 Å². The van der Waals surface area contributed by atoms with Crippen molar-refractivity contribution in [1.82, 2.24) is 5.32 Å². The first kappa shape index (κ1) is 23.6. The molecule has 1 aromatic carbocycles. The minimum absolute atomic E-state index is 0.290. The van der Waals surface area contributed by atoms with E-state index in [0.717, 1.165) is 12.0 Å². The Labute approximate surface area is 164 Å². The van der Waals surface area contributed by atoms with E-state index in [-0.39, 0.29) is 25.2 Å². The smallest absolute Gasteiger partial charge is 0.217 e. The summed E-state index contributed by atoms with van der Waals surface area (Å²) in [5, 5.41) is 22.1. The van der Waals surface area contributed by atoms with E-state index >= 15 is 0 Å². The van der Waals surface area contributed by atoms with E-state index in [1.807, 2.05) is 12.1 Å². The van der Waals surface area contributed by atoms with Crippen molar-refractivity contribution >= 4 is 5.91 Å². The van der Waals surface area contributed by atoms with Crippen LogP contribution in [0.4, 0.5) is 0 Å². The number of aliphatic hydroxyl groups excluding tert-OH is 2. The molecule has 3 N–H and O–H groups in total. The Balaban J connectivity index is 2.64. The van der Waals surface area contributed by atoms with Crippen molar-refractivity contribution < 1.29 is 19.7 Å². The number of hydrogen-bond acceptors (Lipinski definition) is 4. The zero-order valence-electron chi connectivity index (χ0n) is 17.2. The van der Waals surface area contributed by atoms with Gasteiger partial charge in [-0.3, -0.25) is 4.79 Å². The number of carbonyl (C=O) groups is 1. The van der Waals surface area contributed by atoms with Gasteiger partial charge >= 0.3 is 0 Å². The molecule has 0 fully saturated rings. The molecule has 1 rings (SSSR count). The van der Waals surface area contributed by atoms with E-state index in [4.69, 9.17) is 4.74 Å². The monoisotopic (exact) mass is 379 g/mol. The molecule has 1 aromatic rings. The second-order valence-corrected chi connectivity index (χ2v) is 7.47. The molecule has 0 aromatic heterocycles. The SMILES string of the molecule is CCCCCCCCc1ccc(C(CC(CO)(CO)NC(C)=O)OC)cc1. The Bertz CT molecular complexity index is 526. The molecule has 0 spiro atoms. The van der Waals surface area contributed by atoms with E-state index in [1.165, 1.54) is 51.0 Å². The lowest BCUT2D eigenvalue weighted by molar-refractivity contribution is -0.123. The van der Waals surface area contributed by atoms with Crippen molar-refractivity contribution in [3.8, 4) is 0 Å². The van der Waals surface area contributed by atoms with E-state index < -0.39 is 5.54 Å². The number of hydrogen-bond donors (Lipinski definition) is 3. The van der Waals surface area contributed by atoms with Crippen LogP contribution >= 0.6 is 0 Å². The highest BCUT2D eigenvalue weighted by molar-refractivity contribution is 5.73. The lowest BCUT2D eigenvalue weighted by Gasteiger charge is -2.33. The van der Waals surface area contributed by atoms with E-state index in [2.05, 4.69) is 24.4 Å². The molecular formula is C22H37NO4. The molecule has 154 valence electrons.